The van der Waals surface area contributed by atoms with Crippen molar-refractivity contribution in [3.8, 4) is 5.75 Å². The first-order chi connectivity index (χ1) is 15.4. The SMILES string of the molecule is CCC(C(=O)NC1CCCC1)N(Cc1cccc(OC)c1)C(=O)Cc1ccc(Cl)cc1Cl. The van der Waals surface area contributed by atoms with Crippen LogP contribution >= 0.6 is 23.2 Å². The summed E-state index contributed by atoms with van der Waals surface area (Å²) in [4.78, 5) is 28.3. The molecular formula is C25H30Cl2N2O3. The van der Waals surface area contributed by atoms with Crippen LogP contribution in [0.15, 0.2) is 42.5 Å². The Morgan fingerprint density at radius 3 is 2.56 bits per heavy atom. The molecule has 3 rings (SSSR count). The van der Waals surface area contributed by atoms with Crippen molar-refractivity contribution in [2.24, 2.45) is 0 Å². The van der Waals surface area contributed by atoms with Crippen LogP contribution < -0.4 is 10.1 Å². The highest BCUT2D eigenvalue weighted by atomic mass is 35.5. The minimum atomic E-state index is -0.569. The maximum Gasteiger partial charge on any atom is 0.243 e. The van der Waals surface area contributed by atoms with E-state index in [1.165, 1.54) is 0 Å². The zero-order valence-corrected chi connectivity index (χ0v) is 20.1. The Hall–Kier alpha value is -2.24. The lowest BCUT2D eigenvalue weighted by molar-refractivity contribution is -0.141. The second-order valence-electron chi connectivity index (χ2n) is 8.20. The molecule has 0 saturated heterocycles. The van der Waals surface area contributed by atoms with Gasteiger partial charge in [0.1, 0.15) is 11.8 Å². The van der Waals surface area contributed by atoms with Crippen LogP contribution in [0.3, 0.4) is 0 Å². The van der Waals surface area contributed by atoms with Crippen molar-refractivity contribution in [1.82, 2.24) is 10.2 Å². The third-order valence-electron chi connectivity index (χ3n) is 5.93. The summed E-state index contributed by atoms with van der Waals surface area (Å²) in [5.74, 6) is 0.447. The molecule has 1 fully saturated rings. The van der Waals surface area contributed by atoms with Crippen molar-refractivity contribution in [1.29, 1.82) is 0 Å². The Morgan fingerprint density at radius 2 is 1.91 bits per heavy atom. The van der Waals surface area contributed by atoms with E-state index in [0.717, 1.165) is 31.2 Å². The van der Waals surface area contributed by atoms with E-state index in [2.05, 4.69) is 5.32 Å². The van der Waals surface area contributed by atoms with Gasteiger partial charge in [-0.3, -0.25) is 9.59 Å². The summed E-state index contributed by atoms with van der Waals surface area (Å²) in [5, 5.41) is 4.11. The smallest absolute Gasteiger partial charge is 0.243 e. The van der Waals surface area contributed by atoms with E-state index in [9.17, 15) is 9.59 Å². The second kappa shape index (κ2) is 11.6. The summed E-state index contributed by atoms with van der Waals surface area (Å²) in [6.07, 6.45) is 4.85. The quantitative estimate of drug-likeness (QED) is 0.526. The van der Waals surface area contributed by atoms with E-state index in [0.29, 0.717) is 34.3 Å². The molecule has 2 aromatic rings. The van der Waals surface area contributed by atoms with E-state index in [1.54, 1.807) is 30.2 Å². The van der Waals surface area contributed by atoms with Crippen LogP contribution in [-0.2, 0) is 22.6 Å². The molecule has 2 amide bonds. The van der Waals surface area contributed by atoms with Crippen molar-refractivity contribution >= 4 is 35.0 Å². The number of methoxy groups -OCH3 is 1. The first-order valence-corrected chi connectivity index (χ1v) is 11.8. The van der Waals surface area contributed by atoms with Gasteiger partial charge in [0, 0.05) is 22.6 Å². The minimum absolute atomic E-state index is 0.0905. The Labute approximate surface area is 200 Å². The molecule has 1 unspecified atom stereocenters. The number of nitrogens with zero attached hydrogens (tertiary/aromatic N) is 1. The number of benzene rings is 2. The monoisotopic (exact) mass is 476 g/mol. The van der Waals surface area contributed by atoms with Gasteiger partial charge in [0.05, 0.1) is 13.5 Å². The number of carbonyl (C=O) groups is 2. The maximum absolute atomic E-state index is 13.5. The molecule has 0 radical (unpaired) electrons. The van der Waals surface area contributed by atoms with E-state index < -0.39 is 6.04 Å². The van der Waals surface area contributed by atoms with Gasteiger partial charge in [-0.25, -0.2) is 0 Å². The lowest BCUT2D eigenvalue weighted by atomic mass is 10.1. The molecule has 2 aromatic carbocycles. The lowest BCUT2D eigenvalue weighted by Gasteiger charge is -2.32. The van der Waals surface area contributed by atoms with Crippen LogP contribution in [-0.4, -0.2) is 35.9 Å². The van der Waals surface area contributed by atoms with E-state index in [1.807, 2.05) is 31.2 Å². The summed E-state index contributed by atoms with van der Waals surface area (Å²) < 4.78 is 5.33. The number of hydrogen-bond acceptors (Lipinski definition) is 3. The Kier molecular flexibility index (Phi) is 8.83. The average Bonchev–Trinajstić information content (AvgIpc) is 3.28. The normalized spacial score (nSPS) is 14.8. The van der Waals surface area contributed by atoms with E-state index in [4.69, 9.17) is 27.9 Å². The first-order valence-electron chi connectivity index (χ1n) is 11.1. The van der Waals surface area contributed by atoms with Gasteiger partial charge in [0.25, 0.3) is 0 Å². The summed E-state index contributed by atoms with van der Waals surface area (Å²) in [7, 11) is 1.61. The molecule has 0 heterocycles. The van der Waals surface area contributed by atoms with Gasteiger partial charge >= 0.3 is 0 Å². The zero-order chi connectivity index (χ0) is 23.1. The molecule has 1 aliphatic rings. The standard InChI is InChI=1S/C25H30Cl2N2O3/c1-3-23(25(31)28-20-8-4-5-9-20)29(16-17-7-6-10-21(13-17)32-2)24(30)14-18-11-12-19(26)15-22(18)27/h6-7,10-13,15,20,23H,3-5,8-9,14,16H2,1-2H3,(H,28,31). The molecule has 0 aliphatic heterocycles. The minimum Gasteiger partial charge on any atom is -0.497 e. The van der Waals surface area contributed by atoms with Crippen LogP contribution in [0.25, 0.3) is 0 Å². The van der Waals surface area contributed by atoms with Crippen molar-refractivity contribution in [2.75, 3.05) is 7.11 Å². The molecule has 1 aliphatic carbocycles. The molecule has 1 N–H and O–H groups in total. The maximum atomic E-state index is 13.5. The van der Waals surface area contributed by atoms with Gasteiger partial charge in [0.2, 0.25) is 11.8 Å². The van der Waals surface area contributed by atoms with Gasteiger partial charge in [0.15, 0.2) is 0 Å². The van der Waals surface area contributed by atoms with Gasteiger partial charge in [-0.05, 0) is 54.7 Å². The first kappa shape index (κ1) is 24.4. The van der Waals surface area contributed by atoms with Crippen LogP contribution in [0, 0.1) is 0 Å². The zero-order valence-electron chi connectivity index (χ0n) is 18.6. The van der Waals surface area contributed by atoms with Gasteiger partial charge in [-0.2, -0.15) is 0 Å². The molecule has 32 heavy (non-hydrogen) atoms. The highest BCUT2D eigenvalue weighted by molar-refractivity contribution is 6.35. The van der Waals surface area contributed by atoms with Crippen molar-refractivity contribution in [2.45, 2.75) is 64.1 Å². The summed E-state index contributed by atoms with van der Waals surface area (Å²) >= 11 is 12.3. The fourth-order valence-corrected chi connectivity index (χ4v) is 4.66. The molecular weight excluding hydrogens is 447 g/mol. The van der Waals surface area contributed by atoms with Crippen molar-refractivity contribution < 1.29 is 14.3 Å². The molecule has 1 saturated carbocycles. The molecule has 0 spiro atoms. The van der Waals surface area contributed by atoms with Crippen LogP contribution in [0.2, 0.25) is 10.0 Å². The number of rotatable bonds is 9. The summed E-state index contributed by atoms with van der Waals surface area (Å²) in [5.41, 5.74) is 1.58. The largest absolute Gasteiger partial charge is 0.497 e. The topological polar surface area (TPSA) is 58.6 Å². The number of hydrogen-bond donors (Lipinski definition) is 1. The average molecular weight is 477 g/mol. The Bertz CT molecular complexity index is 945. The highest BCUT2D eigenvalue weighted by Gasteiger charge is 2.31. The number of amides is 2. The predicted molar refractivity (Wildman–Crippen MR) is 128 cm³/mol. The molecule has 1 atom stereocenters. The summed E-state index contributed by atoms with van der Waals surface area (Å²) in [6.45, 7) is 2.23. The van der Waals surface area contributed by atoms with Gasteiger partial charge in [-0.15, -0.1) is 0 Å². The van der Waals surface area contributed by atoms with Crippen LogP contribution in [0.1, 0.15) is 50.2 Å². The lowest BCUT2D eigenvalue weighted by Crippen LogP contribution is -2.51. The third-order valence-corrected chi connectivity index (χ3v) is 6.52. The van der Waals surface area contributed by atoms with Gasteiger partial charge in [-0.1, -0.05) is 61.2 Å². The Morgan fingerprint density at radius 1 is 1.16 bits per heavy atom. The molecule has 0 bridgehead atoms. The van der Waals surface area contributed by atoms with Crippen molar-refractivity contribution in [3.05, 3.63) is 63.6 Å². The number of ether oxygens (including phenoxy) is 1. The number of nitrogens with one attached hydrogen (secondary N) is 1. The number of carbonyl (C=O) groups excluding carboxylic acids is 2. The summed E-state index contributed by atoms with van der Waals surface area (Å²) in [6, 6.07) is 12.3. The number of halogens is 2. The fraction of sp³-hybridized carbons (Fsp3) is 0.440. The molecule has 172 valence electrons. The van der Waals surface area contributed by atoms with Crippen LogP contribution in [0.4, 0.5) is 0 Å². The Balaban J connectivity index is 1.85. The predicted octanol–water partition coefficient (Wildman–Crippen LogP) is 5.41. The molecule has 7 heteroatoms. The third kappa shape index (κ3) is 6.39. The molecule has 5 nitrogen and oxygen atoms in total. The second-order valence-corrected chi connectivity index (χ2v) is 9.04. The van der Waals surface area contributed by atoms with Crippen molar-refractivity contribution in [3.63, 3.8) is 0 Å². The van der Waals surface area contributed by atoms with E-state index in [-0.39, 0.29) is 24.3 Å². The fourth-order valence-electron chi connectivity index (χ4n) is 4.18. The van der Waals surface area contributed by atoms with Gasteiger partial charge < -0.3 is 15.0 Å². The van der Waals surface area contributed by atoms with Crippen LogP contribution in [0.5, 0.6) is 5.75 Å². The highest BCUT2D eigenvalue weighted by Crippen LogP contribution is 2.24. The molecule has 0 aromatic heterocycles. The van der Waals surface area contributed by atoms with E-state index >= 15 is 0 Å².